The predicted molar refractivity (Wildman–Crippen MR) is 80.2 cm³/mol. The number of aliphatic carboxylic acids is 1. The number of nitrogens with one attached hydrogen (secondary N) is 2. The molecule has 2 rings (SSSR count). The average Bonchev–Trinajstić information content (AvgIpc) is 2.46. The van der Waals surface area contributed by atoms with E-state index in [9.17, 15) is 9.59 Å². The van der Waals surface area contributed by atoms with E-state index in [0.717, 1.165) is 10.9 Å². The number of fused-ring (bicyclic) bond motifs is 1. The van der Waals surface area contributed by atoms with Crippen molar-refractivity contribution in [3.63, 3.8) is 0 Å². The summed E-state index contributed by atoms with van der Waals surface area (Å²) in [6, 6.07) is 7.89. The van der Waals surface area contributed by atoms with Crippen molar-refractivity contribution in [3.8, 4) is 0 Å². The highest BCUT2D eigenvalue weighted by Gasteiger charge is 2.18. The van der Waals surface area contributed by atoms with Crippen LogP contribution in [0.2, 0.25) is 0 Å². The molecule has 1 atom stereocenters. The molecule has 6 nitrogen and oxygen atoms in total. The maximum Gasteiger partial charge on any atom is 0.326 e. The molecule has 0 radical (unpaired) electrons. The second kappa shape index (κ2) is 6.69. The van der Waals surface area contributed by atoms with Gasteiger partial charge < -0.3 is 15.7 Å². The lowest BCUT2D eigenvalue weighted by Crippen LogP contribution is -2.42. The molecule has 2 aromatic rings. The molecule has 0 aliphatic carbocycles. The first kappa shape index (κ1) is 14.8. The van der Waals surface area contributed by atoms with E-state index >= 15 is 0 Å². The number of benzene rings is 1. The zero-order valence-electron chi connectivity index (χ0n) is 11.7. The summed E-state index contributed by atoms with van der Waals surface area (Å²) in [6.07, 6.45) is 2.60. The number of carbonyl (C=O) groups excluding carboxylic acids is 1. The summed E-state index contributed by atoms with van der Waals surface area (Å²) < 4.78 is 0. The van der Waals surface area contributed by atoms with Crippen LogP contribution < -0.4 is 10.6 Å². The molecule has 0 saturated heterocycles. The lowest BCUT2D eigenvalue weighted by atomic mass is 10.2. The van der Waals surface area contributed by atoms with Crippen LogP contribution in [0, 0.1) is 0 Å². The third kappa shape index (κ3) is 3.92. The van der Waals surface area contributed by atoms with Crippen molar-refractivity contribution in [1.29, 1.82) is 0 Å². The van der Waals surface area contributed by atoms with Crippen molar-refractivity contribution in [1.82, 2.24) is 10.3 Å². The van der Waals surface area contributed by atoms with Gasteiger partial charge in [-0.2, -0.15) is 0 Å². The van der Waals surface area contributed by atoms with Gasteiger partial charge in [-0.25, -0.2) is 9.59 Å². The fourth-order valence-electron chi connectivity index (χ4n) is 2.01. The summed E-state index contributed by atoms with van der Waals surface area (Å²) in [6.45, 7) is 1.86. The molecular weight excluding hydrogens is 270 g/mol. The van der Waals surface area contributed by atoms with Gasteiger partial charge in [0.2, 0.25) is 0 Å². The van der Waals surface area contributed by atoms with Crippen molar-refractivity contribution >= 4 is 28.6 Å². The van der Waals surface area contributed by atoms with Gasteiger partial charge in [0, 0.05) is 5.39 Å². The first-order valence-electron chi connectivity index (χ1n) is 6.75. The Labute approximate surface area is 122 Å². The summed E-state index contributed by atoms with van der Waals surface area (Å²) in [5.41, 5.74) is 1.35. The predicted octanol–water partition coefficient (Wildman–Crippen LogP) is 2.61. The fraction of sp³-hybridized carbons (Fsp3) is 0.267. The molecule has 0 aliphatic rings. The molecule has 0 aliphatic heterocycles. The molecule has 0 saturated carbocycles. The minimum Gasteiger partial charge on any atom is -0.480 e. The summed E-state index contributed by atoms with van der Waals surface area (Å²) in [5, 5.41) is 14.9. The maximum atomic E-state index is 11.8. The van der Waals surface area contributed by atoms with Crippen LogP contribution in [0.25, 0.3) is 10.9 Å². The standard InChI is InChI=1S/C15H17N3O3/c1-2-5-13(14(19)20)18-15(21)17-11-8-10-6-3-4-7-12(10)16-9-11/h3-4,6-9,13H,2,5H2,1H3,(H,19,20)(H2,17,18,21)/t13-/m1/s1. The maximum absolute atomic E-state index is 11.8. The lowest BCUT2D eigenvalue weighted by molar-refractivity contribution is -0.139. The monoisotopic (exact) mass is 287 g/mol. The summed E-state index contributed by atoms with van der Waals surface area (Å²) in [7, 11) is 0. The summed E-state index contributed by atoms with van der Waals surface area (Å²) >= 11 is 0. The summed E-state index contributed by atoms with van der Waals surface area (Å²) in [4.78, 5) is 27.0. The molecule has 0 unspecified atom stereocenters. The Morgan fingerprint density at radius 1 is 1.33 bits per heavy atom. The number of amides is 2. The molecule has 0 spiro atoms. The third-order valence-corrected chi connectivity index (χ3v) is 3.03. The third-order valence-electron chi connectivity index (χ3n) is 3.03. The van der Waals surface area contributed by atoms with Crippen molar-refractivity contribution in [2.75, 3.05) is 5.32 Å². The Bertz CT molecular complexity index is 657. The van der Waals surface area contributed by atoms with E-state index in [-0.39, 0.29) is 0 Å². The van der Waals surface area contributed by atoms with Crippen LogP contribution >= 0.6 is 0 Å². The first-order valence-corrected chi connectivity index (χ1v) is 6.75. The number of carbonyl (C=O) groups is 2. The van der Waals surface area contributed by atoms with Crippen LogP contribution in [0.15, 0.2) is 36.5 Å². The van der Waals surface area contributed by atoms with Crippen LogP contribution in [-0.4, -0.2) is 28.1 Å². The van der Waals surface area contributed by atoms with Gasteiger partial charge in [-0.3, -0.25) is 4.98 Å². The SMILES string of the molecule is CCC[C@@H](NC(=O)Nc1cnc2ccccc2c1)C(=O)O. The first-order chi connectivity index (χ1) is 10.1. The lowest BCUT2D eigenvalue weighted by Gasteiger charge is -2.14. The van der Waals surface area contributed by atoms with E-state index in [1.165, 1.54) is 6.20 Å². The van der Waals surface area contributed by atoms with Gasteiger partial charge in [-0.1, -0.05) is 31.5 Å². The molecule has 1 aromatic heterocycles. The highest BCUT2D eigenvalue weighted by Crippen LogP contribution is 2.15. The van der Waals surface area contributed by atoms with Crippen LogP contribution in [0.5, 0.6) is 0 Å². The van der Waals surface area contributed by atoms with Crippen molar-refractivity contribution in [3.05, 3.63) is 36.5 Å². The molecule has 0 bridgehead atoms. The number of hydrogen-bond acceptors (Lipinski definition) is 3. The van der Waals surface area contributed by atoms with E-state index in [0.29, 0.717) is 18.5 Å². The highest BCUT2D eigenvalue weighted by atomic mass is 16.4. The van der Waals surface area contributed by atoms with Crippen LogP contribution in [0.4, 0.5) is 10.5 Å². The van der Waals surface area contributed by atoms with Crippen LogP contribution in [-0.2, 0) is 4.79 Å². The number of aromatic nitrogens is 1. The Balaban J connectivity index is 2.05. The Morgan fingerprint density at radius 2 is 2.10 bits per heavy atom. The molecule has 6 heteroatoms. The summed E-state index contributed by atoms with van der Waals surface area (Å²) in [5.74, 6) is -1.04. The van der Waals surface area contributed by atoms with Gasteiger partial charge in [0.05, 0.1) is 17.4 Å². The highest BCUT2D eigenvalue weighted by molar-refractivity contribution is 5.94. The van der Waals surface area contributed by atoms with Crippen LogP contribution in [0.3, 0.4) is 0 Å². The quantitative estimate of drug-likeness (QED) is 0.788. The van der Waals surface area contributed by atoms with Gasteiger partial charge in [0.1, 0.15) is 6.04 Å². The number of carboxylic acids is 1. The minimum absolute atomic E-state index is 0.388. The topological polar surface area (TPSA) is 91.3 Å². The largest absolute Gasteiger partial charge is 0.480 e. The molecule has 21 heavy (non-hydrogen) atoms. The fourth-order valence-corrected chi connectivity index (χ4v) is 2.01. The van der Waals surface area contributed by atoms with Gasteiger partial charge >= 0.3 is 12.0 Å². The minimum atomic E-state index is -1.04. The number of rotatable bonds is 5. The van der Waals surface area contributed by atoms with E-state index in [1.54, 1.807) is 6.07 Å². The van der Waals surface area contributed by atoms with Crippen molar-refractivity contribution in [2.24, 2.45) is 0 Å². The van der Waals surface area contributed by atoms with E-state index < -0.39 is 18.0 Å². The van der Waals surface area contributed by atoms with Crippen molar-refractivity contribution < 1.29 is 14.7 Å². The Kier molecular flexibility index (Phi) is 4.71. The normalized spacial score (nSPS) is 11.9. The Hall–Kier alpha value is -2.63. The molecular formula is C15H17N3O3. The molecule has 0 fully saturated rings. The van der Waals surface area contributed by atoms with E-state index in [2.05, 4.69) is 15.6 Å². The molecule has 1 heterocycles. The zero-order valence-corrected chi connectivity index (χ0v) is 11.7. The number of nitrogens with zero attached hydrogens (tertiary/aromatic N) is 1. The second-order valence-electron chi connectivity index (χ2n) is 4.69. The van der Waals surface area contributed by atoms with E-state index in [1.807, 2.05) is 31.2 Å². The van der Waals surface area contributed by atoms with Crippen molar-refractivity contribution in [2.45, 2.75) is 25.8 Å². The smallest absolute Gasteiger partial charge is 0.326 e. The number of pyridine rings is 1. The average molecular weight is 287 g/mol. The molecule has 3 N–H and O–H groups in total. The van der Waals surface area contributed by atoms with Gasteiger partial charge in [-0.05, 0) is 18.6 Å². The van der Waals surface area contributed by atoms with Crippen LogP contribution in [0.1, 0.15) is 19.8 Å². The number of urea groups is 1. The van der Waals surface area contributed by atoms with Gasteiger partial charge in [0.25, 0.3) is 0 Å². The molecule has 2 amide bonds. The number of para-hydroxylation sites is 1. The number of carboxylic acid groups (broad SMARTS) is 1. The second-order valence-corrected chi connectivity index (χ2v) is 4.69. The molecule has 110 valence electrons. The number of anilines is 1. The Morgan fingerprint density at radius 3 is 2.81 bits per heavy atom. The van der Waals surface area contributed by atoms with Gasteiger partial charge in [-0.15, -0.1) is 0 Å². The van der Waals surface area contributed by atoms with Gasteiger partial charge in [0.15, 0.2) is 0 Å². The molecule has 1 aromatic carbocycles. The number of hydrogen-bond donors (Lipinski definition) is 3. The zero-order chi connectivity index (χ0) is 15.2. The van der Waals surface area contributed by atoms with E-state index in [4.69, 9.17) is 5.11 Å².